The largest absolute Gasteiger partial charge is 0.491 e. The van der Waals surface area contributed by atoms with E-state index in [0.29, 0.717) is 26.2 Å². The fourth-order valence-electron chi connectivity index (χ4n) is 3.74. The van der Waals surface area contributed by atoms with Crippen molar-refractivity contribution in [3.8, 4) is 16.9 Å². The Hall–Kier alpha value is -2.05. The molecule has 2 atom stereocenters. The standard InChI is InChI=1S/C25H31F3O3/c1-3-5-6-14-29-18-8-12-22(31-16-18)20-10-9-19(24(27)25(20)28)17-7-11-23(21(26)15-17)30-13-4-2/h7,9-11,15,18,22H,3-6,8,12-14,16H2,1-2H3. The average Bonchev–Trinajstić information content (AvgIpc) is 2.78. The van der Waals surface area contributed by atoms with Crippen molar-refractivity contribution < 1.29 is 27.4 Å². The van der Waals surface area contributed by atoms with Crippen LogP contribution in [0.3, 0.4) is 0 Å². The van der Waals surface area contributed by atoms with Crippen LogP contribution in [0, 0.1) is 17.5 Å². The Morgan fingerprint density at radius 3 is 2.45 bits per heavy atom. The van der Waals surface area contributed by atoms with Crippen molar-refractivity contribution >= 4 is 0 Å². The molecule has 1 aliphatic rings. The van der Waals surface area contributed by atoms with Gasteiger partial charge in [-0.05, 0) is 43.4 Å². The minimum absolute atomic E-state index is 0.00305. The fourth-order valence-corrected chi connectivity index (χ4v) is 3.74. The predicted molar refractivity (Wildman–Crippen MR) is 115 cm³/mol. The summed E-state index contributed by atoms with van der Waals surface area (Å²) in [6.45, 7) is 5.51. The van der Waals surface area contributed by atoms with Crippen molar-refractivity contribution in [2.24, 2.45) is 0 Å². The molecule has 0 aromatic heterocycles. The van der Waals surface area contributed by atoms with Gasteiger partial charge in [0.05, 0.1) is 25.4 Å². The monoisotopic (exact) mass is 436 g/mol. The van der Waals surface area contributed by atoms with E-state index in [4.69, 9.17) is 14.2 Å². The zero-order valence-electron chi connectivity index (χ0n) is 18.3. The third-order valence-electron chi connectivity index (χ3n) is 5.50. The summed E-state index contributed by atoms with van der Waals surface area (Å²) in [6.07, 6.45) is 4.82. The maximum Gasteiger partial charge on any atom is 0.167 e. The van der Waals surface area contributed by atoms with Crippen LogP contribution in [0.25, 0.3) is 11.1 Å². The van der Waals surface area contributed by atoms with Crippen LogP contribution in [-0.2, 0) is 9.47 Å². The number of benzene rings is 2. The van der Waals surface area contributed by atoms with Gasteiger partial charge >= 0.3 is 0 Å². The number of unbranched alkanes of at least 4 members (excludes halogenated alkanes) is 2. The van der Waals surface area contributed by atoms with Crippen molar-refractivity contribution in [3.63, 3.8) is 0 Å². The Morgan fingerprint density at radius 1 is 0.935 bits per heavy atom. The van der Waals surface area contributed by atoms with Crippen molar-refractivity contribution in [1.82, 2.24) is 0 Å². The Bertz CT molecular complexity index is 848. The van der Waals surface area contributed by atoms with Gasteiger partial charge in [-0.3, -0.25) is 0 Å². The summed E-state index contributed by atoms with van der Waals surface area (Å²) in [5.74, 6) is -2.45. The number of hydrogen-bond donors (Lipinski definition) is 0. The first-order valence-electron chi connectivity index (χ1n) is 11.2. The summed E-state index contributed by atoms with van der Waals surface area (Å²) in [5.41, 5.74) is 0.457. The van der Waals surface area contributed by atoms with Crippen LogP contribution in [0.1, 0.15) is 64.0 Å². The van der Waals surface area contributed by atoms with Gasteiger partial charge in [0.1, 0.15) is 0 Å². The molecule has 0 aliphatic carbocycles. The van der Waals surface area contributed by atoms with Crippen molar-refractivity contribution in [2.75, 3.05) is 19.8 Å². The van der Waals surface area contributed by atoms with Gasteiger partial charge in [-0.1, -0.05) is 44.9 Å². The Kier molecular flexibility index (Phi) is 8.79. The molecule has 3 nitrogen and oxygen atoms in total. The van der Waals surface area contributed by atoms with Gasteiger partial charge in [0.2, 0.25) is 0 Å². The van der Waals surface area contributed by atoms with Gasteiger partial charge in [0, 0.05) is 17.7 Å². The summed E-state index contributed by atoms with van der Waals surface area (Å²) in [6, 6.07) is 7.14. The summed E-state index contributed by atoms with van der Waals surface area (Å²) in [4.78, 5) is 0. The normalized spacial score (nSPS) is 18.9. The lowest BCUT2D eigenvalue weighted by molar-refractivity contribution is -0.0882. The molecule has 0 amide bonds. The Morgan fingerprint density at radius 2 is 1.77 bits per heavy atom. The topological polar surface area (TPSA) is 27.7 Å². The molecule has 0 radical (unpaired) electrons. The highest BCUT2D eigenvalue weighted by Gasteiger charge is 2.27. The van der Waals surface area contributed by atoms with Gasteiger partial charge in [-0.25, -0.2) is 13.2 Å². The number of halogens is 3. The van der Waals surface area contributed by atoms with E-state index in [1.165, 1.54) is 30.3 Å². The molecule has 0 saturated carbocycles. The van der Waals surface area contributed by atoms with Gasteiger partial charge in [0.15, 0.2) is 23.2 Å². The van der Waals surface area contributed by atoms with Gasteiger partial charge in [0.25, 0.3) is 0 Å². The Labute approximate surface area is 182 Å². The molecule has 0 N–H and O–H groups in total. The van der Waals surface area contributed by atoms with E-state index in [0.717, 1.165) is 32.1 Å². The van der Waals surface area contributed by atoms with Crippen molar-refractivity contribution in [1.29, 1.82) is 0 Å². The smallest absolute Gasteiger partial charge is 0.167 e. The fraction of sp³-hybridized carbons (Fsp3) is 0.520. The highest BCUT2D eigenvalue weighted by Crippen LogP contribution is 2.35. The highest BCUT2D eigenvalue weighted by atomic mass is 19.2. The van der Waals surface area contributed by atoms with E-state index >= 15 is 0 Å². The third-order valence-corrected chi connectivity index (χ3v) is 5.50. The summed E-state index contributed by atoms with van der Waals surface area (Å²) in [5, 5.41) is 0. The van der Waals surface area contributed by atoms with E-state index in [9.17, 15) is 13.2 Å². The first-order valence-corrected chi connectivity index (χ1v) is 11.2. The van der Waals surface area contributed by atoms with Crippen LogP contribution in [0.5, 0.6) is 5.75 Å². The molecular formula is C25H31F3O3. The summed E-state index contributed by atoms with van der Waals surface area (Å²) < 4.78 is 60.9. The van der Waals surface area contributed by atoms with Crippen molar-refractivity contribution in [2.45, 2.75) is 64.6 Å². The van der Waals surface area contributed by atoms with Gasteiger partial charge in [-0.15, -0.1) is 0 Å². The maximum atomic E-state index is 14.9. The first-order chi connectivity index (χ1) is 15.0. The first kappa shape index (κ1) is 23.6. The van der Waals surface area contributed by atoms with Crippen LogP contribution in [0.15, 0.2) is 30.3 Å². The molecule has 31 heavy (non-hydrogen) atoms. The zero-order chi connectivity index (χ0) is 22.2. The molecule has 1 aliphatic heterocycles. The number of hydrogen-bond acceptors (Lipinski definition) is 3. The second-order valence-corrected chi connectivity index (χ2v) is 7.92. The summed E-state index contributed by atoms with van der Waals surface area (Å²) in [7, 11) is 0. The van der Waals surface area contributed by atoms with E-state index < -0.39 is 23.6 Å². The SMILES string of the molecule is CCCCCOC1CCC(c2ccc(-c3ccc(OCCC)c(F)c3)c(F)c2F)OC1. The van der Waals surface area contributed by atoms with E-state index in [-0.39, 0.29) is 28.5 Å². The zero-order valence-corrected chi connectivity index (χ0v) is 18.3. The Balaban J connectivity index is 1.67. The second-order valence-electron chi connectivity index (χ2n) is 7.92. The van der Waals surface area contributed by atoms with Gasteiger partial charge < -0.3 is 14.2 Å². The molecule has 1 heterocycles. The lowest BCUT2D eigenvalue weighted by Gasteiger charge is -2.29. The molecular weight excluding hydrogens is 405 g/mol. The lowest BCUT2D eigenvalue weighted by Crippen LogP contribution is -2.28. The predicted octanol–water partition coefficient (Wildman–Crippen LogP) is 6.99. The van der Waals surface area contributed by atoms with Gasteiger partial charge in [-0.2, -0.15) is 0 Å². The maximum absolute atomic E-state index is 14.9. The van der Waals surface area contributed by atoms with E-state index in [1.54, 1.807) is 0 Å². The molecule has 6 heteroatoms. The third kappa shape index (κ3) is 6.01. The molecule has 0 spiro atoms. The minimum atomic E-state index is -0.999. The van der Waals surface area contributed by atoms with Crippen LogP contribution < -0.4 is 4.74 Å². The number of rotatable bonds is 10. The lowest BCUT2D eigenvalue weighted by atomic mass is 9.96. The second kappa shape index (κ2) is 11.5. The van der Waals surface area contributed by atoms with E-state index in [2.05, 4.69) is 6.92 Å². The number of ether oxygens (including phenoxy) is 3. The van der Waals surface area contributed by atoms with E-state index in [1.807, 2.05) is 6.92 Å². The average molecular weight is 437 g/mol. The molecule has 1 fully saturated rings. The molecule has 1 saturated heterocycles. The van der Waals surface area contributed by atoms with Crippen LogP contribution in [-0.4, -0.2) is 25.9 Å². The molecule has 0 bridgehead atoms. The highest BCUT2D eigenvalue weighted by molar-refractivity contribution is 5.66. The molecule has 2 aromatic carbocycles. The molecule has 2 unspecified atom stereocenters. The molecule has 170 valence electrons. The van der Waals surface area contributed by atoms with Crippen molar-refractivity contribution in [3.05, 3.63) is 53.3 Å². The molecule has 3 rings (SSSR count). The minimum Gasteiger partial charge on any atom is -0.491 e. The quantitative estimate of drug-likeness (QED) is 0.376. The summed E-state index contributed by atoms with van der Waals surface area (Å²) >= 11 is 0. The van der Waals surface area contributed by atoms with Crippen LogP contribution in [0.2, 0.25) is 0 Å². The van der Waals surface area contributed by atoms with Crippen LogP contribution >= 0.6 is 0 Å². The molecule has 2 aromatic rings. The van der Waals surface area contributed by atoms with Crippen LogP contribution in [0.4, 0.5) is 13.2 Å².